The fourth-order valence-electron chi connectivity index (χ4n) is 3.03. The molecule has 110 valence electrons. The number of anilines is 1. The van der Waals surface area contributed by atoms with Crippen LogP contribution in [-0.4, -0.2) is 12.5 Å². The Balaban J connectivity index is 1.81. The average Bonchev–Trinajstić information content (AvgIpc) is 2.41. The van der Waals surface area contributed by atoms with Gasteiger partial charge in [0.15, 0.2) is 0 Å². The number of hydrogen-bond acceptors (Lipinski definition) is 2. The molecule has 0 spiro atoms. The molecule has 0 radical (unpaired) electrons. The molecule has 0 bridgehead atoms. The summed E-state index contributed by atoms with van der Waals surface area (Å²) in [5.74, 6) is 1.44. The van der Waals surface area contributed by atoms with Gasteiger partial charge in [0, 0.05) is 17.3 Å². The van der Waals surface area contributed by atoms with Crippen molar-refractivity contribution >= 4 is 23.2 Å². The third-order valence-corrected chi connectivity index (χ3v) is 4.38. The zero-order valence-corrected chi connectivity index (χ0v) is 12.7. The van der Waals surface area contributed by atoms with E-state index in [1.807, 2.05) is 0 Å². The fourth-order valence-corrected chi connectivity index (χ4v) is 3.20. The zero-order valence-electron chi connectivity index (χ0n) is 12.0. The van der Waals surface area contributed by atoms with Gasteiger partial charge in [-0.25, -0.2) is 0 Å². The Morgan fingerprint density at radius 1 is 1.45 bits per heavy atom. The second-order valence-electron chi connectivity index (χ2n) is 5.91. The average molecular weight is 295 g/mol. The van der Waals surface area contributed by atoms with Crippen molar-refractivity contribution in [2.24, 2.45) is 11.8 Å². The lowest BCUT2D eigenvalue weighted by molar-refractivity contribution is 0.0950. The second kappa shape index (κ2) is 6.98. The first-order valence-corrected chi connectivity index (χ1v) is 7.77. The minimum absolute atomic E-state index is 0.131. The molecule has 3 N–H and O–H groups in total. The minimum atomic E-state index is -0.131. The molecule has 2 rings (SSSR count). The molecular weight excluding hydrogens is 272 g/mol. The number of carbonyl (C=O) groups is 1. The van der Waals surface area contributed by atoms with E-state index in [9.17, 15) is 4.79 Å². The number of nitrogen functional groups attached to an aromatic ring is 1. The Hall–Kier alpha value is -1.22. The van der Waals surface area contributed by atoms with E-state index in [4.69, 9.17) is 17.3 Å². The maximum atomic E-state index is 12.1. The van der Waals surface area contributed by atoms with Crippen LogP contribution in [0.15, 0.2) is 18.2 Å². The van der Waals surface area contributed by atoms with Crippen molar-refractivity contribution in [3.63, 3.8) is 0 Å². The van der Waals surface area contributed by atoms with E-state index in [-0.39, 0.29) is 5.91 Å². The summed E-state index contributed by atoms with van der Waals surface area (Å²) < 4.78 is 0. The SMILES string of the molecule is CC1CCCC(CCNC(=O)c2cc(Cl)ccc2N)C1. The third-order valence-electron chi connectivity index (χ3n) is 4.14. The van der Waals surface area contributed by atoms with Gasteiger partial charge in [-0.05, 0) is 42.9 Å². The van der Waals surface area contributed by atoms with Crippen molar-refractivity contribution in [2.75, 3.05) is 12.3 Å². The fraction of sp³-hybridized carbons (Fsp3) is 0.562. The van der Waals surface area contributed by atoms with Crippen LogP contribution in [0.25, 0.3) is 0 Å². The van der Waals surface area contributed by atoms with Crippen LogP contribution in [0, 0.1) is 11.8 Å². The van der Waals surface area contributed by atoms with Crippen molar-refractivity contribution in [3.8, 4) is 0 Å². The molecule has 2 unspecified atom stereocenters. The largest absolute Gasteiger partial charge is 0.398 e. The smallest absolute Gasteiger partial charge is 0.253 e. The normalized spacial score (nSPS) is 22.5. The van der Waals surface area contributed by atoms with Crippen LogP contribution >= 0.6 is 11.6 Å². The molecule has 20 heavy (non-hydrogen) atoms. The van der Waals surface area contributed by atoms with Gasteiger partial charge in [-0.3, -0.25) is 4.79 Å². The summed E-state index contributed by atoms with van der Waals surface area (Å²) in [6.45, 7) is 3.03. The minimum Gasteiger partial charge on any atom is -0.398 e. The summed E-state index contributed by atoms with van der Waals surface area (Å²) >= 11 is 5.90. The Bertz CT molecular complexity index is 476. The summed E-state index contributed by atoms with van der Waals surface area (Å²) in [6.07, 6.45) is 6.30. The number of hydrogen-bond donors (Lipinski definition) is 2. The highest BCUT2D eigenvalue weighted by Gasteiger charge is 2.19. The van der Waals surface area contributed by atoms with Gasteiger partial charge >= 0.3 is 0 Å². The van der Waals surface area contributed by atoms with Gasteiger partial charge in [0.05, 0.1) is 5.56 Å². The molecule has 0 saturated heterocycles. The van der Waals surface area contributed by atoms with Gasteiger partial charge in [-0.1, -0.05) is 37.8 Å². The van der Waals surface area contributed by atoms with Gasteiger partial charge in [0.25, 0.3) is 5.91 Å². The van der Waals surface area contributed by atoms with Gasteiger partial charge in [-0.2, -0.15) is 0 Å². The van der Waals surface area contributed by atoms with Crippen LogP contribution < -0.4 is 11.1 Å². The lowest BCUT2D eigenvalue weighted by Gasteiger charge is -2.26. The first-order valence-electron chi connectivity index (χ1n) is 7.39. The van der Waals surface area contributed by atoms with E-state index < -0.39 is 0 Å². The van der Waals surface area contributed by atoms with E-state index in [1.165, 1.54) is 25.7 Å². The standard InChI is InChI=1S/C16H23ClN2O/c1-11-3-2-4-12(9-11)7-8-19-16(20)14-10-13(17)5-6-15(14)18/h5-6,10-12H,2-4,7-9,18H2,1H3,(H,19,20). The van der Waals surface area contributed by atoms with Gasteiger partial charge in [0.1, 0.15) is 0 Å². The lowest BCUT2D eigenvalue weighted by atomic mass is 9.81. The maximum absolute atomic E-state index is 12.1. The number of amides is 1. The molecule has 1 aromatic rings. The molecule has 1 amide bonds. The summed E-state index contributed by atoms with van der Waals surface area (Å²) in [7, 11) is 0. The molecule has 0 heterocycles. The molecule has 1 aromatic carbocycles. The number of carbonyl (C=O) groups excluding carboxylic acids is 1. The van der Waals surface area contributed by atoms with E-state index in [2.05, 4.69) is 12.2 Å². The highest BCUT2D eigenvalue weighted by molar-refractivity contribution is 6.31. The molecule has 0 aliphatic heterocycles. The maximum Gasteiger partial charge on any atom is 0.253 e. The molecule has 1 saturated carbocycles. The van der Waals surface area contributed by atoms with Crippen LogP contribution in [-0.2, 0) is 0 Å². The van der Waals surface area contributed by atoms with Crippen molar-refractivity contribution in [1.29, 1.82) is 0 Å². The summed E-state index contributed by atoms with van der Waals surface area (Å²) in [6, 6.07) is 4.98. The van der Waals surface area contributed by atoms with Crippen LogP contribution in [0.3, 0.4) is 0 Å². The van der Waals surface area contributed by atoms with Gasteiger partial charge in [-0.15, -0.1) is 0 Å². The van der Waals surface area contributed by atoms with Gasteiger partial charge < -0.3 is 11.1 Å². The molecule has 3 nitrogen and oxygen atoms in total. The predicted octanol–water partition coefficient (Wildman–Crippen LogP) is 3.87. The van der Waals surface area contributed by atoms with Crippen LogP contribution in [0.1, 0.15) is 49.4 Å². The highest BCUT2D eigenvalue weighted by atomic mass is 35.5. The summed E-state index contributed by atoms with van der Waals surface area (Å²) in [4.78, 5) is 12.1. The van der Waals surface area contributed by atoms with Crippen LogP contribution in [0.2, 0.25) is 5.02 Å². The zero-order chi connectivity index (χ0) is 14.5. The molecule has 4 heteroatoms. The quantitative estimate of drug-likeness (QED) is 0.828. The van der Waals surface area contributed by atoms with Crippen molar-refractivity contribution in [2.45, 2.75) is 39.0 Å². The van der Waals surface area contributed by atoms with Crippen LogP contribution in [0.5, 0.6) is 0 Å². The van der Waals surface area contributed by atoms with E-state index >= 15 is 0 Å². The number of nitrogens with two attached hydrogens (primary N) is 1. The monoisotopic (exact) mass is 294 g/mol. The first-order chi connectivity index (χ1) is 9.56. The third kappa shape index (κ3) is 4.14. The number of nitrogens with one attached hydrogen (secondary N) is 1. The highest BCUT2D eigenvalue weighted by Crippen LogP contribution is 2.30. The Kier molecular flexibility index (Phi) is 5.30. The Morgan fingerprint density at radius 3 is 3.00 bits per heavy atom. The number of halogens is 1. The molecule has 1 fully saturated rings. The molecule has 1 aliphatic rings. The van der Waals surface area contributed by atoms with E-state index in [0.717, 1.165) is 18.3 Å². The van der Waals surface area contributed by atoms with Crippen molar-refractivity contribution < 1.29 is 4.79 Å². The summed E-state index contributed by atoms with van der Waals surface area (Å²) in [5.41, 5.74) is 6.74. The van der Waals surface area contributed by atoms with Gasteiger partial charge in [0.2, 0.25) is 0 Å². The van der Waals surface area contributed by atoms with E-state index in [1.54, 1.807) is 18.2 Å². The van der Waals surface area contributed by atoms with Crippen LogP contribution in [0.4, 0.5) is 5.69 Å². The molecule has 0 aromatic heterocycles. The predicted molar refractivity (Wildman–Crippen MR) is 83.9 cm³/mol. The first kappa shape index (κ1) is 15.2. The topological polar surface area (TPSA) is 55.1 Å². The van der Waals surface area contributed by atoms with E-state index in [0.29, 0.717) is 22.8 Å². The lowest BCUT2D eigenvalue weighted by Crippen LogP contribution is -2.27. The number of rotatable bonds is 4. The van der Waals surface area contributed by atoms with Crippen molar-refractivity contribution in [3.05, 3.63) is 28.8 Å². The van der Waals surface area contributed by atoms with Crippen molar-refractivity contribution in [1.82, 2.24) is 5.32 Å². The second-order valence-corrected chi connectivity index (χ2v) is 6.35. The molecule has 1 aliphatic carbocycles. The Morgan fingerprint density at radius 2 is 2.25 bits per heavy atom. The summed E-state index contributed by atoms with van der Waals surface area (Å²) in [5, 5.41) is 3.48. The Labute approximate surface area is 125 Å². The molecule has 2 atom stereocenters. The number of benzene rings is 1. The molecular formula is C16H23ClN2O.